The predicted octanol–water partition coefficient (Wildman–Crippen LogP) is 6.95. The third-order valence-corrected chi connectivity index (χ3v) is 12.1. The minimum atomic E-state index is -3.28. The number of aldehydes is 1. The second-order valence-electron chi connectivity index (χ2n) is 9.61. The molecule has 0 saturated carbocycles. The topological polar surface area (TPSA) is 37.4 Å². The SMILES string of the molecule is CN1[C@@H](c2ccccc2)[C@H]2C=Cc3ccccc3[C@@]2(CCC=O)[P@]1(=O)c1cccc2ccccc12. The van der Waals surface area contributed by atoms with Gasteiger partial charge in [-0.2, -0.15) is 0 Å². The van der Waals surface area contributed by atoms with Gasteiger partial charge in [0.15, 0.2) is 7.29 Å². The zero-order valence-electron chi connectivity index (χ0n) is 19.7. The molecule has 1 fully saturated rings. The summed E-state index contributed by atoms with van der Waals surface area (Å²) >= 11 is 0. The van der Waals surface area contributed by atoms with Crippen molar-refractivity contribution in [3.05, 3.63) is 120 Å². The van der Waals surface area contributed by atoms with Gasteiger partial charge in [-0.1, -0.05) is 103 Å². The van der Waals surface area contributed by atoms with Gasteiger partial charge in [0.2, 0.25) is 0 Å². The van der Waals surface area contributed by atoms with Gasteiger partial charge >= 0.3 is 0 Å². The second-order valence-corrected chi connectivity index (χ2v) is 12.7. The molecule has 0 amide bonds. The maximum Gasteiger partial charge on any atom is 0.190 e. The highest BCUT2D eigenvalue weighted by Crippen LogP contribution is 2.79. The fraction of sp³-hybridized carbons (Fsp3) is 0.194. The summed E-state index contributed by atoms with van der Waals surface area (Å²) in [5.41, 5.74) is 3.34. The van der Waals surface area contributed by atoms with Crippen LogP contribution < -0.4 is 5.30 Å². The number of benzene rings is 4. The molecule has 2 aliphatic rings. The lowest BCUT2D eigenvalue weighted by molar-refractivity contribution is -0.108. The molecule has 3 nitrogen and oxygen atoms in total. The average Bonchev–Trinajstić information content (AvgIpc) is 3.12. The third kappa shape index (κ3) is 3.02. The van der Waals surface area contributed by atoms with Crippen LogP contribution in [0.2, 0.25) is 0 Å². The Kier molecular flexibility index (Phi) is 5.36. The van der Waals surface area contributed by atoms with E-state index >= 15 is 4.57 Å². The molecule has 0 radical (unpaired) electrons. The molecule has 4 atom stereocenters. The molecule has 1 aliphatic carbocycles. The molecule has 4 aromatic carbocycles. The van der Waals surface area contributed by atoms with Gasteiger partial charge in [-0.15, -0.1) is 0 Å². The number of hydrogen-bond acceptors (Lipinski definition) is 2. The molecular weight excluding hydrogens is 449 g/mol. The quantitative estimate of drug-likeness (QED) is 0.231. The second kappa shape index (κ2) is 8.45. The molecule has 0 aromatic heterocycles. The molecule has 1 heterocycles. The Morgan fingerprint density at radius 2 is 1.60 bits per heavy atom. The Morgan fingerprint density at radius 3 is 2.43 bits per heavy atom. The van der Waals surface area contributed by atoms with Crippen molar-refractivity contribution in [2.45, 2.75) is 24.0 Å². The highest BCUT2D eigenvalue weighted by molar-refractivity contribution is 7.71. The highest BCUT2D eigenvalue weighted by Gasteiger charge is 2.66. The molecule has 174 valence electrons. The maximum absolute atomic E-state index is 16.1. The number of carbonyl (C=O) groups is 1. The molecule has 6 rings (SSSR count). The normalized spacial score (nSPS) is 27.5. The Morgan fingerprint density at radius 1 is 0.886 bits per heavy atom. The summed E-state index contributed by atoms with van der Waals surface area (Å²) in [5, 5.41) is 2.28. The first-order valence-electron chi connectivity index (χ1n) is 12.2. The van der Waals surface area contributed by atoms with Crippen molar-refractivity contribution in [3.63, 3.8) is 0 Å². The number of fused-ring (bicyclic) bond motifs is 4. The van der Waals surface area contributed by atoms with Gasteiger partial charge in [0.1, 0.15) is 6.29 Å². The van der Waals surface area contributed by atoms with E-state index in [9.17, 15) is 4.79 Å². The van der Waals surface area contributed by atoms with E-state index < -0.39 is 12.4 Å². The van der Waals surface area contributed by atoms with Gasteiger partial charge in [-0.25, -0.2) is 4.67 Å². The van der Waals surface area contributed by atoms with Crippen LogP contribution in [0.15, 0.2) is 103 Å². The maximum atomic E-state index is 16.1. The number of nitrogens with zero attached hydrogens (tertiary/aromatic N) is 1. The Balaban J connectivity index is 1.73. The van der Waals surface area contributed by atoms with Crippen molar-refractivity contribution in [2.24, 2.45) is 5.92 Å². The number of rotatable bonds is 5. The monoisotopic (exact) mass is 477 g/mol. The lowest BCUT2D eigenvalue weighted by Gasteiger charge is -2.43. The van der Waals surface area contributed by atoms with E-state index in [2.05, 4.69) is 71.4 Å². The van der Waals surface area contributed by atoms with Gasteiger partial charge in [-0.3, -0.25) is 0 Å². The van der Waals surface area contributed by atoms with Crippen LogP contribution in [0.4, 0.5) is 0 Å². The van der Waals surface area contributed by atoms with Crippen LogP contribution in [0.5, 0.6) is 0 Å². The molecule has 35 heavy (non-hydrogen) atoms. The first-order chi connectivity index (χ1) is 17.1. The van der Waals surface area contributed by atoms with Crippen LogP contribution in [0.25, 0.3) is 16.8 Å². The first-order valence-corrected chi connectivity index (χ1v) is 13.9. The van der Waals surface area contributed by atoms with Crippen LogP contribution in [0.1, 0.15) is 35.6 Å². The fourth-order valence-corrected chi connectivity index (χ4v) is 11.0. The summed E-state index contributed by atoms with van der Waals surface area (Å²) in [6.45, 7) is 0. The molecule has 0 unspecified atom stereocenters. The zero-order valence-corrected chi connectivity index (χ0v) is 20.6. The lowest BCUT2D eigenvalue weighted by atomic mass is 9.71. The average molecular weight is 478 g/mol. The van der Waals surface area contributed by atoms with Gasteiger partial charge in [0.25, 0.3) is 0 Å². The third-order valence-electron chi connectivity index (χ3n) is 8.07. The van der Waals surface area contributed by atoms with Crippen molar-refractivity contribution >= 4 is 35.7 Å². The van der Waals surface area contributed by atoms with Gasteiger partial charge in [0.05, 0.1) is 5.16 Å². The van der Waals surface area contributed by atoms with E-state index in [1.54, 1.807) is 0 Å². The standard InChI is InChI=1S/C31H28NO2P/c1-32-30(25-13-3-2-4-14-25)28-20-19-24-12-6-8-17-27(24)31(28,21-10-22-33)35(32,34)29-18-9-15-23-11-5-7-16-26(23)29/h2-9,11-20,22,28,30H,10,21H2,1H3/t28-,30+,31-,35-/m1/s1. The van der Waals surface area contributed by atoms with E-state index in [-0.39, 0.29) is 12.0 Å². The van der Waals surface area contributed by atoms with Crippen LogP contribution in [0.3, 0.4) is 0 Å². The van der Waals surface area contributed by atoms with Crippen molar-refractivity contribution in [1.29, 1.82) is 0 Å². The molecule has 0 bridgehead atoms. The summed E-state index contributed by atoms with van der Waals surface area (Å²) in [7, 11) is -1.26. The van der Waals surface area contributed by atoms with Crippen molar-refractivity contribution in [3.8, 4) is 0 Å². The van der Waals surface area contributed by atoms with Crippen molar-refractivity contribution < 1.29 is 9.36 Å². The van der Waals surface area contributed by atoms with E-state index in [1.165, 1.54) is 0 Å². The van der Waals surface area contributed by atoms with Crippen LogP contribution >= 0.6 is 7.29 Å². The Bertz CT molecular complexity index is 1490. The molecular formula is C31H28NO2P. The highest BCUT2D eigenvalue weighted by atomic mass is 31.2. The van der Waals surface area contributed by atoms with Gasteiger partial charge in [0, 0.05) is 23.7 Å². The Hall–Kier alpha value is -3.26. The van der Waals surface area contributed by atoms with Gasteiger partial charge < -0.3 is 9.36 Å². The molecule has 1 aliphatic heterocycles. The minimum absolute atomic E-state index is 0.0328. The molecule has 0 N–H and O–H groups in total. The van der Waals surface area contributed by atoms with E-state index in [0.29, 0.717) is 12.8 Å². The molecule has 1 saturated heterocycles. The van der Waals surface area contributed by atoms with Crippen LogP contribution in [-0.4, -0.2) is 18.0 Å². The van der Waals surface area contributed by atoms with E-state index in [4.69, 9.17) is 0 Å². The summed E-state index contributed by atoms with van der Waals surface area (Å²) in [5.74, 6) is -0.0328. The number of carbonyl (C=O) groups excluding carboxylic acids is 1. The van der Waals surface area contributed by atoms with Crippen LogP contribution in [-0.2, 0) is 14.5 Å². The van der Waals surface area contributed by atoms with Crippen LogP contribution in [0, 0.1) is 5.92 Å². The van der Waals surface area contributed by atoms with E-state index in [0.717, 1.165) is 39.1 Å². The predicted molar refractivity (Wildman–Crippen MR) is 144 cm³/mol. The zero-order chi connectivity index (χ0) is 24.0. The van der Waals surface area contributed by atoms with Crippen molar-refractivity contribution in [1.82, 2.24) is 4.67 Å². The molecule has 4 heteroatoms. The van der Waals surface area contributed by atoms with E-state index in [1.807, 2.05) is 49.5 Å². The summed E-state index contributed by atoms with van der Waals surface area (Å²) in [4.78, 5) is 11.8. The fourth-order valence-electron chi connectivity index (χ4n) is 6.67. The Labute approximate surface area is 206 Å². The summed E-state index contributed by atoms with van der Waals surface area (Å²) < 4.78 is 18.2. The number of hydrogen-bond donors (Lipinski definition) is 0. The minimum Gasteiger partial charge on any atom is -0.303 e. The smallest absolute Gasteiger partial charge is 0.190 e. The van der Waals surface area contributed by atoms with Gasteiger partial charge in [-0.05, 0) is 47.0 Å². The lowest BCUT2D eigenvalue weighted by Crippen LogP contribution is -2.37. The molecule has 4 aromatic rings. The van der Waals surface area contributed by atoms with Crippen molar-refractivity contribution in [2.75, 3.05) is 7.05 Å². The summed E-state index contributed by atoms with van der Waals surface area (Å²) in [6, 6.07) is 33.0. The summed E-state index contributed by atoms with van der Waals surface area (Å²) in [6.07, 6.45) is 6.32. The molecule has 0 spiro atoms. The first kappa shape index (κ1) is 22.2. The largest absolute Gasteiger partial charge is 0.303 e.